The Kier molecular flexibility index (Phi) is 3.09. The van der Waals surface area contributed by atoms with Crippen molar-refractivity contribution in [2.24, 2.45) is 0 Å². The van der Waals surface area contributed by atoms with Gasteiger partial charge in [0.2, 0.25) is 0 Å². The van der Waals surface area contributed by atoms with Crippen LogP contribution in [-0.4, -0.2) is 16.6 Å². The summed E-state index contributed by atoms with van der Waals surface area (Å²) in [7, 11) is 0. The lowest BCUT2D eigenvalue weighted by Gasteiger charge is -2.20. The molecule has 1 aromatic rings. The fraction of sp³-hybridized carbons (Fsp3) is 0.300. The van der Waals surface area contributed by atoms with Gasteiger partial charge in [-0.15, -0.1) is 5.48 Å². The number of hydroxylamine groups is 1. The molecule has 0 spiro atoms. The van der Waals surface area contributed by atoms with Crippen LogP contribution < -0.4 is 10.3 Å². The predicted octanol–water partition coefficient (Wildman–Crippen LogP) is 1.43. The van der Waals surface area contributed by atoms with Crippen LogP contribution in [0.1, 0.15) is 13.8 Å². The van der Waals surface area contributed by atoms with Crippen LogP contribution in [0.4, 0.5) is 0 Å². The zero-order valence-corrected chi connectivity index (χ0v) is 8.15. The molecular formula is C10H13NO3. The third-order valence-corrected chi connectivity index (χ3v) is 1.70. The van der Waals surface area contributed by atoms with E-state index in [1.54, 1.807) is 12.1 Å². The molecule has 0 amide bonds. The van der Waals surface area contributed by atoms with Crippen LogP contribution in [0.2, 0.25) is 0 Å². The van der Waals surface area contributed by atoms with Gasteiger partial charge in [-0.3, -0.25) is 4.79 Å². The maximum atomic E-state index is 10.7. The Morgan fingerprint density at radius 1 is 1.36 bits per heavy atom. The third-order valence-electron chi connectivity index (χ3n) is 1.70. The lowest BCUT2D eigenvalue weighted by atomic mass is 10.1. The molecule has 0 unspecified atom stereocenters. The van der Waals surface area contributed by atoms with Crippen molar-refractivity contribution in [3.05, 3.63) is 30.3 Å². The minimum absolute atomic E-state index is 0.585. The molecule has 0 bridgehead atoms. The number of para-hydroxylation sites is 1. The Balaban J connectivity index is 2.53. The topological polar surface area (TPSA) is 58.6 Å². The van der Waals surface area contributed by atoms with Gasteiger partial charge in [0, 0.05) is 0 Å². The van der Waals surface area contributed by atoms with E-state index in [0.717, 1.165) is 0 Å². The largest absolute Gasteiger partial charge is 0.480 e. The zero-order valence-electron chi connectivity index (χ0n) is 8.15. The first-order chi connectivity index (χ1) is 6.52. The number of hydrogen-bond donors (Lipinski definition) is 2. The fourth-order valence-corrected chi connectivity index (χ4v) is 0.719. The van der Waals surface area contributed by atoms with Gasteiger partial charge in [0.25, 0.3) is 0 Å². The normalized spacial score (nSPS) is 11.0. The summed E-state index contributed by atoms with van der Waals surface area (Å²) >= 11 is 0. The summed E-state index contributed by atoms with van der Waals surface area (Å²) in [4.78, 5) is 15.8. The second kappa shape index (κ2) is 4.11. The molecule has 0 saturated heterocycles. The molecule has 0 heterocycles. The fourth-order valence-electron chi connectivity index (χ4n) is 0.719. The number of hydrogen-bond acceptors (Lipinski definition) is 3. The van der Waals surface area contributed by atoms with Gasteiger partial charge in [-0.2, -0.15) is 0 Å². The Morgan fingerprint density at radius 2 is 1.93 bits per heavy atom. The average Bonchev–Trinajstić information content (AvgIpc) is 2.16. The molecule has 2 N–H and O–H groups in total. The molecule has 0 aromatic heterocycles. The van der Waals surface area contributed by atoms with Crippen molar-refractivity contribution in [3.63, 3.8) is 0 Å². The summed E-state index contributed by atoms with van der Waals surface area (Å²) in [6, 6.07) is 8.96. The number of carboxylic acid groups (broad SMARTS) is 1. The molecule has 0 radical (unpaired) electrons. The van der Waals surface area contributed by atoms with Crippen LogP contribution in [0.3, 0.4) is 0 Å². The van der Waals surface area contributed by atoms with Crippen molar-refractivity contribution in [2.45, 2.75) is 19.4 Å². The van der Waals surface area contributed by atoms with Crippen LogP contribution in [0.15, 0.2) is 30.3 Å². The van der Waals surface area contributed by atoms with Crippen LogP contribution in [0, 0.1) is 0 Å². The minimum Gasteiger partial charge on any atom is -0.480 e. The quantitative estimate of drug-likeness (QED) is 0.713. The van der Waals surface area contributed by atoms with Gasteiger partial charge in [0.15, 0.2) is 0 Å². The average molecular weight is 195 g/mol. The molecule has 0 fully saturated rings. The Morgan fingerprint density at radius 3 is 2.43 bits per heavy atom. The maximum Gasteiger partial charge on any atom is 0.326 e. The lowest BCUT2D eigenvalue weighted by molar-refractivity contribution is -0.146. The molecule has 0 aliphatic carbocycles. The van der Waals surface area contributed by atoms with E-state index in [4.69, 9.17) is 9.94 Å². The van der Waals surface area contributed by atoms with Crippen LogP contribution >= 0.6 is 0 Å². The first-order valence-electron chi connectivity index (χ1n) is 4.25. The van der Waals surface area contributed by atoms with E-state index in [1.807, 2.05) is 18.2 Å². The summed E-state index contributed by atoms with van der Waals surface area (Å²) in [6.45, 7) is 3.05. The van der Waals surface area contributed by atoms with Gasteiger partial charge >= 0.3 is 5.97 Å². The third kappa shape index (κ3) is 2.74. The van der Waals surface area contributed by atoms with E-state index in [-0.39, 0.29) is 0 Å². The van der Waals surface area contributed by atoms with E-state index < -0.39 is 11.5 Å². The van der Waals surface area contributed by atoms with Crippen LogP contribution in [-0.2, 0) is 4.79 Å². The standard InChI is InChI=1S/C10H13NO3/c1-10(2,9(12)13)11-14-8-6-4-3-5-7-8/h3-7,11H,1-2H3,(H,12,13). The predicted molar refractivity (Wildman–Crippen MR) is 51.9 cm³/mol. The van der Waals surface area contributed by atoms with E-state index in [2.05, 4.69) is 5.48 Å². The van der Waals surface area contributed by atoms with Crippen molar-refractivity contribution >= 4 is 5.97 Å². The van der Waals surface area contributed by atoms with E-state index >= 15 is 0 Å². The Bertz CT molecular complexity index is 308. The molecule has 0 saturated carbocycles. The van der Waals surface area contributed by atoms with E-state index in [9.17, 15) is 4.79 Å². The summed E-state index contributed by atoms with van der Waals surface area (Å²) in [5, 5.41) is 8.78. The number of nitrogens with one attached hydrogen (secondary N) is 1. The number of benzene rings is 1. The second-order valence-corrected chi connectivity index (χ2v) is 3.45. The molecule has 0 aliphatic rings. The van der Waals surface area contributed by atoms with Gasteiger partial charge in [-0.05, 0) is 26.0 Å². The minimum atomic E-state index is -1.10. The van der Waals surface area contributed by atoms with Crippen molar-refractivity contribution < 1.29 is 14.7 Å². The number of aliphatic carboxylic acids is 1. The Hall–Kier alpha value is -1.55. The van der Waals surface area contributed by atoms with Gasteiger partial charge < -0.3 is 9.94 Å². The van der Waals surface area contributed by atoms with Crippen molar-refractivity contribution in [2.75, 3.05) is 0 Å². The molecular weight excluding hydrogens is 182 g/mol. The molecule has 4 heteroatoms. The highest BCUT2D eigenvalue weighted by Gasteiger charge is 2.27. The highest BCUT2D eigenvalue weighted by atomic mass is 16.7. The number of carboxylic acids is 1. The lowest BCUT2D eigenvalue weighted by Crippen LogP contribution is -2.48. The molecule has 0 aliphatic heterocycles. The second-order valence-electron chi connectivity index (χ2n) is 3.45. The monoisotopic (exact) mass is 195 g/mol. The summed E-state index contributed by atoms with van der Waals surface area (Å²) in [5.41, 5.74) is 1.37. The molecule has 14 heavy (non-hydrogen) atoms. The van der Waals surface area contributed by atoms with Crippen molar-refractivity contribution in [1.82, 2.24) is 5.48 Å². The Labute approximate surface area is 82.5 Å². The summed E-state index contributed by atoms with van der Waals surface area (Å²) in [6.07, 6.45) is 0. The van der Waals surface area contributed by atoms with E-state index in [0.29, 0.717) is 5.75 Å². The molecule has 0 atom stereocenters. The van der Waals surface area contributed by atoms with Crippen molar-refractivity contribution in [3.8, 4) is 5.75 Å². The maximum absolute atomic E-state index is 10.7. The van der Waals surface area contributed by atoms with Gasteiger partial charge in [-0.1, -0.05) is 18.2 Å². The van der Waals surface area contributed by atoms with Crippen LogP contribution in [0.25, 0.3) is 0 Å². The SMILES string of the molecule is CC(C)(NOc1ccccc1)C(=O)O. The first kappa shape index (κ1) is 10.5. The molecule has 1 rings (SSSR count). The smallest absolute Gasteiger partial charge is 0.326 e. The zero-order chi connectivity index (χ0) is 10.6. The summed E-state index contributed by atoms with van der Waals surface area (Å²) in [5.74, 6) is -0.379. The van der Waals surface area contributed by atoms with Gasteiger partial charge in [0.1, 0.15) is 11.3 Å². The number of carbonyl (C=O) groups is 1. The highest BCUT2D eigenvalue weighted by molar-refractivity contribution is 5.77. The first-order valence-corrected chi connectivity index (χ1v) is 4.25. The van der Waals surface area contributed by atoms with Crippen molar-refractivity contribution in [1.29, 1.82) is 0 Å². The van der Waals surface area contributed by atoms with Gasteiger partial charge in [0.05, 0.1) is 0 Å². The van der Waals surface area contributed by atoms with Crippen LogP contribution in [0.5, 0.6) is 5.75 Å². The highest BCUT2D eigenvalue weighted by Crippen LogP contribution is 2.09. The molecule has 1 aromatic carbocycles. The van der Waals surface area contributed by atoms with E-state index in [1.165, 1.54) is 13.8 Å². The van der Waals surface area contributed by atoms with Gasteiger partial charge in [-0.25, -0.2) is 0 Å². The summed E-state index contributed by atoms with van der Waals surface area (Å²) < 4.78 is 0. The molecule has 76 valence electrons. The molecule has 4 nitrogen and oxygen atoms in total. The number of rotatable bonds is 4.